The van der Waals surface area contributed by atoms with E-state index in [2.05, 4.69) is 40.0 Å². The number of piperidine rings is 1. The van der Waals surface area contributed by atoms with Crippen molar-refractivity contribution in [3.8, 4) is 0 Å². The molecule has 19 heavy (non-hydrogen) atoms. The van der Waals surface area contributed by atoms with Gasteiger partial charge in [0.15, 0.2) is 0 Å². The summed E-state index contributed by atoms with van der Waals surface area (Å²) in [6.07, 6.45) is 2.30. The van der Waals surface area contributed by atoms with E-state index in [9.17, 15) is 4.39 Å². The van der Waals surface area contributed by atoms with E-state index in [1.165, 1.54) is 11.6 Å². The molecule has 0 aromatic heterocycles. The molecule has 106 valence electrons. The molecule has 1 aromatic rings. The number of rotatable bonds is 3. The van der Waals surface area contributed by atoms with Crippen molar-refractivity contribution >= 4 is 15.9 Å². The van der Waals surface area contributed by atoms with Crippen LogP contribution >= 0.6 is 15.9 Å². The molecule has 0 amide bonds. The van der Waals surface area contributed by atoms with Crippen LogP contribution in [0.4, 0.5) is 4.39 Å². The van der Waals surface area contributed by atoms with Gasteiger partial charge in [0.05, 0.1) is 4.47 Å². The fourth-order valence-corrected chi connectivity index (χ4v) is 3.03. The highest BCUT2D eigenvalue weighted by Crippen LogP contribution is 2.30. The molecule has 0 bridgehead atoms. The highest BCUT2D eigenvalue weighted by atomic mass is 79.9. The number of hydrogen-bond donors (Lipinski definition) is 1. The van der Waals surface area contributed by atoms with Crippen LogP contribution in [0.15, 0.2) is 22.7 Å². The van der Waals surface area contributed by atoms with E-state index >= 15 is 0 Å². The zero-order valence-electron chi connectivity index (χ0n) is 11.8. The Kier molecular flexibility index (Phi) is 4.64. The van der Waals surface area contributed by atoms with Gasteiger partial charge in [0.1, 0.15) is 5.82 Å². The van der Waals surface area contributed by atoms with Gasteiger partial charge in [-0.3, -0.25) is 4.90 Å². The summed E-state index contributed by atoms with van der Waals surface area (Å²) in [6.45, 7) is 6.63. The predicted octanol–water partition coefficient (Wildman–Crippen LogP) is 3.72. The van der Waals surface area contributed by atoms with Crippen LogP contribution in [-0.2, 0) is 0 Å². The Hall–Kier alpha value is -0.450. The van der Waals surface area contributed by atoms with E-state index in [1.807, 2.05) is 19.2 Å². The summed E-state index contributed by atoms with van der Waals surface area (Å²) >= 11 is 3.26. The van der Waals surface area contributed by atoms with Crippen molar-refractivity contribution in [2.45, 2.75) is 38.3 Å². The molecule has 0 saturated carbocycles. The second-order valence-corrected chi connectivity index (χ2v) is 6.55. The van der Waals surface area contributed by atoms with Gasteiger partial charge in [0.2, 0.25) is 0 Å². The number of nitrogens with one attached hydrogen (secondary N) is 1. The summed E-state index contributed by atoms with van der Waals surface area (Å²) < 4.78 is 13.8. The minimum Gasteiger partial charge on any atom is -0.314 e. The summed E-state index contributed by atoms with van der Waals surface area (Å²) in [6, 6.07) is 5.65. The molecule has 4 heteroatoms. The number of hydrogen-bond acceptors (Lipinski definition) is 2. The highest BCUT2D eigenvalue weighted by molar-refractivity contribution is 9.10. The van der Waals surface area contributed by atoms with Gasteiger partial charge >= 0.3 is 0 Å². The average molecular weight is 329 g/mol. The maximum absolute atomic E-state index is 13.3. The molecule has 1 aliphatic heterocycles. The molecule has 1 atom stereocenters. The van der Waals surface area contributed by atoms with Gasteiger partial charge in [-0.25, -0.2) is 4.39 Å². The van der Waals surface area contributed by atoms with Gasteiger partial charge in [0.25, 0.3) is 0 Å². The van der Waals surface area contributed by atoms with Crippen molar-refractivity contribution in [3.63, 3.8) is 0 Å². The molecule has 1 aliphatic rings. The summed E-state index contributed by atoms with van der Waals surface area (Å²) in [5, 5.41) is 3.41. The Bertz CT molecular complexity index is 442. The smallest absolute Gasteiger partial charge is 0.137 e. The van der Waals surface area contributed by atoms with E-state index in [4.69, 9.17) is 0 Å². The Balaban J connectivity index is 2.05. The zero-order valence-corrected chi connectivity index (χ0v) is 13.4. The first-order chi connectivity index (χ1) is 8.95. The second kappa shape index (κ2) is 5.90. The Labute approximate surface area is 123 Å². The van der Waals surface area contributed by atoms with Crippen molar-refractivity contribution in [3.05, 3.63) is 34.1 Å². The van der Waals surface area contributed by atoms with E-state index in [0.29, 0.717) is 10.5 Å². The summed E-state index contributed by atoms with van der Waals surface area (Å²) in [7, 11) is 2.04. The van der Waals surface area contributed by atoms with Crippen molar-refractivity contribution in [1.82, 2.24) is 10.2 Å². The first-order valence-corrected chi connectivity index (χ1v) is 7.62. The normalized spacial score (nSPS) is 21.3. The number of halogens is 2. The Morgan fingerprint density at radius 2 is 2.00 bits per heavy atom. The molecule has 1 N–H and O–H groups in total. The van der Waals surface area contributed by atoms with Gasteiger partial charge < -0.3 is 5.32 Å². The third-order valence-corrected chi connectivity index (χ3v) is 5.09. The van der Waals surface area contributed by atoms with Gasteiger partial charge in [-0.05, 0) is 67.4 Å². The Morgan fingerprint density at radius 3 is 2.53 bits per heavy atom. The lowest BCUT2D eigenvalue weighted by Crippen LogP contribution is -2.50. The van der Waals surface area contributed by atoms with E-state index in [1.54, 1.807) is 0 Å². The minimum absolute atomic E-state index is 0.197. The lowest BCUT2D eigenvalue weighted by atomic mass is 9.88. The molecule has 0 radical (unpaired) electrons. The monoisotopic (exact) mass is 328 g/mol. The second-order valence-electron chi connectivity index (χ2n) is 5.70. The van der Waals surface area contributed by atoms with Crippen LogP contribution in [0.25, 0.3) is 0 Å². The number of nitrogens with zero attached hydrogens (tertiary/aromatic N) is 1. The summed E-state index contributed by atoms with van der Waals surface area (Å²) in [4.78, 5) is 2.47. The van der Waals surface area contributed by atoms with E-state index in [-0.39, 0.29) is 11.4 Å². The largest absolute Gasteiger partial charge is 0.314 e. The molecule has 0 spiro atoms. The minimum atomic E-state index is -0.197. The van der Waals surface area contributed by atoms with Crippen LogP contribution in [0.1, 0.15) is 38.3 Å². The van der Waals surface area contributed by atoms with Crippen molar-refractivity contribution in [2.24, 2.45) is 0 Å². The quantitative estimate of drug-likeness (QED) is 0.909. The van der Waals surface area contributed by atoms with E-state index < -0.39 is 0 Å². The number of likely N-dealkylation sites (tertiary alicyclic amines) is 1. The summed E-state index contributed by atoms with van der Waals surface area (Å²) in [5.41, 5.74) is 1.43. The third kappa shape index (κ3) is 3.36. The van der Waals surface area contributed by atoms with Crippen molar-refractivity contribution in [2.75, 3.05) is 20.1 Å². The first-order valence-electron chi connectivity index (χ1n) is 6.83. The summed E-state index contributed by atoms with van der Waals surface area (Å²) in [5.74, 6) is -0.197. The first kappa shape index (κ1) is 14.9. The fraction of sp³-hybridized carbons (Fsp3) is 0.600. The lowest BCUT2D eigenvalue weighted by Gasteiger charge is -2.42. The van der Waals surface area contributed by atoms with Gasteiger partial charge in [-0.15, -0.1) is 0 Å². The highest BCUT2D eigenvalue weighted by Gasteiger charge is 2.30. The van der Waals surface area contributed by atoms with Crippen LogP contribution in [0.5, 0.6) is 0 Å². The molecule has 1 fully saturated rings. The predicted molar refractivity (Wildman–Crippen MR) is 80.8 cm³/mol. The van der Waals surface area contributed by atoms with Crippen LogP contribution in [0.3, 0.4) is 0 Å². The molecule has 2 rings (SSSR count). The third-order valence-electron chi connectivity index (χ3n) is 4.48. The molecule has 2 nitrogen and oxygen atoms in total. The van der Waals surface area contributed by atoms with Crippen LogP contribution in [0.2, 0.25) is 0 Å². The van der Waals surface area contributed by atoms with Gasteiger partial charge in [0, 0.05) is 24.7 Å². The SMILES string of the molecule is CNC1(C)CCN(C(C)c2ccc(F)c(Br)c2)CC1. The molecule has 1 heterocycles. The van der Waals surface area contributed by atoms with Crippen LogP contribution in [0, 0.1) is 5.82 Å². The van der Waals surface area contributed by atoms with Gasteiger partial charge in [-0.1, -0.05) is 6.07 Å². The fourth-order valence-electron chi connectivity index (χ4n) is 2.64. The maximum Gasteiger partial charge on any atom is 0.137 e. The number of benzene rings is 1. The van der Waals surface area contributed by atoms with Crippen molar-refractivity contribution in [1.29, 1.82) is 0 Å². The molecular formula is C15H22BrFN2. The zero-order chi connectivity index (χ0) is 14.0. The van der Waals surface area contributed by atoms with Crippen LogP contribution in [-0.4, -0.2) is 30.6 Å². The molecular weight excluding hydrogens is 307 g/mol. The standard InChI is InChI=1S/C15H22BrFN2/c1-11(12-4-5-14(17)13(16)10-12)19-8-6-15(2,18-3)7-9-19/h4-5,10-11,18H,6-9H2,1-3H3. The topological polar surface area (TPSA) is 15.3 Å². The molecule has 0 aliphatic carbocycles. The molecule has 1 aromatic carbocycles. The maximum atomic E-state index is 13.3. The van der Waals surface area contributed by atoms with E-state index in [0.717, 1.165) is 25.9 Å². The molecule has 1 saturated heterocycles. The average Bonchev–Trinajstić information content (AvgIpc) is 2.42. The van der Waals surface area contributed by atoms with Crippen LogP contribution < -0.4 is 5.32 Å². The molecule has 1 unspecified atom stereocenters. The lowest BCUT2D eigenvalue weighted by molar-refractivity contribution is 0.117. The van der Waals surface area contributed by atoms with Gasteiger partial charge in [-0.2, -0.15) is 0 Å². The Morgan fingerprint density at radius 1 is 1.37 bits per heavy atom. The van der Waals surface area contributed by atoms with Crippen molar-refractivity contribution < 1.29 is 4.39 Å².